The Morgan fingerprint density at radius 1 is 1.43 bits per heavy atom. The molecule has 5 rings (SSSR count). The number of ether oxygens (including phenoxy) is 1. The minimum Gasteiger partial charge on any atom is -0.406 e. The van der Waals surface area contributed by atoms with E-state index in [0.717, 1.165) is 5.39 Å². The zero-order valence-electron chi connectivity index (χ0n) is 15.9. The van der Waals surface area contributed by atoms with E-state index in [-0.39, 0.29) is 18.1 Å². The van der Waals surface area contributed by atoms with Crippen molar-refractivity contribution in [1.82, 2.24) is 35.4 Å². The zero-order valence-corrected chi connectivity index (χ0v) is 15.9. The van der Waals surface area contributed by atoms with Gasteiger partial charge in [0.2, 0.25) is 0 Å². The summed E-state index contributed by atoms with van der Waals surface area (Å²) in [5, 5.41) is 20.7. The van der Waals surface area contributed by atoms with Gasteiger partial charge in [-0.05, 0) is 18.2 Å². The third-order valence-electron chi connectivity index (χ3n) is 5.07. The van der Waals surface area contributed by atoms with Crippen molar-refractivity contribution < 1.29 is 19.0 Å². The molecule has 0 unspecified atom stereocenters. The molecular weight excluding hydrogens is 393 g/mol. The maximum atomic E-state index is 13.6. The quantitative estimate of drug-likeness (QED) is 0.395. The number of benzene rings is 1. The molecule has 0 aliphatic carbocycles. The van der Waals surface area contributed by atoms with Crippen molar-refractivity contribution in [2.24, 2.45) is 7.05 Å². The van der Waals surface area contributed by atoms with Crippen LogP contribution in [0.2, 0.25) is 0 Å². The predicted molar refractivity (Wildman–Crippen MR) is 105 cm³/mol. The second kappa shape index (κ2) is 6.75. The molecule has 4 aromatic rings. The van der Waals surface area contributed by atoms with Crippen molar-refractivity contribution in [2.75, 3.05) is 19.6 Å². The Morgan fingerprint density at radius 2 is 2.27 bits per heavy atom. The molecule has 0 radical (unpaired) electrons. The second-order valence-electron chi connectivity index (χ2n) is 7.31. The number of aliphatic hydroxyl groups is 1. The van der Waals surface area contributed by atoms with Crippen molar-refractivity contribution in [2.45, 2.75) is 5.60 Å². The zero-order chi connectivity index (χ0) is 20.9. The van der Waals surface area contributed by atoms with Crippen LogP contribution in [0.15, 0.2) is 30.6 Å². The summed E-state index contributed by atoms with van der Waals surface area (Å²) in [7, 11) is 1.72. The number of aryl methyl sites for hydroxylation is 1. The molecule has 3 aromatic heterocycles. The molecule has 10 nitrogen and oxygen atoms in total. The fourth-order valence-corrected chi connectivity index (χ4v) is 3.39. The van der Waals surface area contributed by atoms with Crippen molar-refractivity contribution in [3.05, 3.63) is 36.4 Å². The Balaban J connectivity index is 1.44. The number of fused-ring (bicyclic) bond motifs is 2. The van der Waals surface area contributed by atoms with Crippen molar-refractivity contribution in [1.29, 1.82) is 0 Å². The lowest BCUT2D eigenvalue weighted by Gasteiger charge is -2.37. The second-order valence-corrected chi connectivity index (χ2v) is 7.31. The number of nitrogens with one attached hydrogen (secondary N) is 3. The summed E-state index contributed by atoms with van der Waals surface area (Å²) in [6.07, 6.45) is 2.33. The van der Waals surface area contributed by atoms with Gasteiger partial charge >= 0.3 is 6.09 Å². The van der Waals surface area contributed by atoms with Gasteiger partial charge in [-0.15, -0.1) is 0 Å². The molecule has 0 bridgehead atoms. The van der Waals surface area contributed by atoms with E-state index in [1.807, 2.05) is 0 Å². The summed E-state index contributed by atoms with van der Waals surface area (Å²) in [6.45, 7) is 0.906. The van der Waals surface area contributed by atoms with Gasteiger partial charge in [-0.2, -0.15) is 5.10 Å². The van der Waals surface area contributed by atoms with Crippen molar-refractivity contribution in [3.8, 4) is 17.1 Å². The summed E-state index contributed by atoms with van der Waals surface area (Å²) in [5.74, 6) is -0.157. The first-order chi connectivity index (χ1) is 14.4. The van der Waals surface area contributed by atoms with Crippen LogP contribution in [0, 0.1) is 5.82 Å². The number of rotatable bonds is 4. The van der Waals surface area contributed by atoms with E-state index < -0.39 is 11.7 Å². The number of amides is 1. The maximum absolute atomic E-state index is 13.6. The van der Waals surface area contributed by atoms with Crippen LogP contribution < -0.4 is 15.4 Å². The van der Waals surface area contributed by atoms with Crippen LogP contribution in [0.25, 0.3) is 33.5 Å². The molecule has 30 heavy (non-hydrogen) atoms. The minimum atomic E-state index is -0.953. The number of H-pyrrole nitrogens is 1. The molecule has 1 aliphatic heterocycles. The topological polar surface area (TPSA) is 130 Å². The standard InChI is InChI=1S/C19H18FN7O3/c1-27-13-4-10(20)2-3-11(13)15(26-27)12-5-22-17-16(25-12)14(6-23-17)30-18(28)24-9-19(29)7-21-8-19/h2-6,21,29H,7-9H2,1H3,(H,22,23)(H,24,28). The maximum Gasteiger partial charge on any atom is 0.412 e. The van der Waals surface area contributed by atoms with Gasteiger partial charge in [-0.25, -0.2) is 19.2 Å². The lowest BCUT2D eigenvalue weighted by Crippen LogP contribution is -2.64. The van der Waals surface area contributed by atoms with Gasteiger partial charge in [0.05, 0.1) is 18.3 Å². The number of carbonyl (C=O) groups excluding carboxylic acids is 1. The van der Waals surface area contributed by atoms with Crippen molar-refractivity contribution >= 4 is 28.2 Å². The highest BCUT2D eigenvalue weighted by Crippen LogP contribution is 2.29. The highest BCUT2D eigenvalue weighted by atomic mass is 19.1. The Labute approximate surface area is 169 Å². The van der Waals surface area contributed by atoms with Gasteiger partial charge in [0.1, 0.15) is 22.8 Å². The molecule has 1 aliphatic rings. The molecule has 1 fully saturated rings. The molecule has 0 atom stereocenters. The molecule has 4 N–H and O–H groups in total. The number of hydrogen-bond acceptors (Lipinski definition) is 7. The number of aromatic amines is 1. The van der Waals surface area contributed by atoms with Gasteiger partial charge in [0.15, 0.2) is 16.9 Å². The number of carbonyl (C=O) groups is 1. The Hall–Kier alpha value is -3.57. The first-order valence-corrected chi connectivity index (χ1v) is 9.27. The monoisotopic (exact) mass is 411 g/mol. The lowest BCUT2D eigenvalue weighted by molar-refractivity contribution is -0.00718. The van der Waals surface area contributed by atoms with Crippen LogP contribution in [-0.2, 0) is 7.05 Å². The number of hydrogen-bond donors (Lipinski definition) is 4. The van der Waals surface area contributed by atoms with E-state index in [1.54, 1.807) is 24.0 Å². The van der Waals surface area contributed by atoms with Crippen LogP contribution in [0.5, 0.6) is 5.75 Å². The van der Waals surface area contributed by atoms with Gasteiger partial charge in [-0.3, -0.25) is 4.68 Å². The van der Waals surface area contributed by atoms with Crippen LogP contribution in [0.1, 0.15) is 0 Å². The molecule has 154 valence electrons. The van der Waals surface area contributed by atoms with Gasteiger partial charge in [0, 0.05) is 31.7 Å². The van der Waals surface area contributed by atoms with E-state index in [1.165, 1.54) is 18.3 Å². The Kier molecular flexibility index (Phi) is 4.15. The molecule has 11 heteroatoms. The smallest absolute Gasteiger partial charge is 0.406 e. The molecular formula is C19H18FN7O3. The summed E-state index contributed by atoms with van der Waals surface area (Å²) in [4.78, 5) is 23.9. The van der Waals surface area contributed by atoms with E-state index >= 15 is 0 Å². The van der Waals surface area contributed by atoms with Crippen molar-refractivity contribution in [3.63, 3.8) is 0 Å². The Bertz CT molecular complexity index is 1280. The fourth-order valence-electron chi connectivity index (χ4n) is 3.39. The average molecular weight is 411 g/mol. The molecule has 1 aromatic carbocycles. The number of halogens is 1. The number of β-amino-alcohol motifs (C(OH)–C–C–N with tert-alkyl or cyclic N) is 1. The van der Waals surface area contributed by atoms with E-state index in [2.05, 4.69) is 30.7 Å². The third-order valence-corrected chi connectivity index (χ3v) is 5.07. The van der Waals surface area contributed by atoms with Crippen LogP contribution in [-0.4, -0.2) is 61.2 Å². The Morgan fingerprint density at radius 3 is 3.03 bits per heavy atom. The van der Waals surface area contributed by atoms with Gasteiger partial charge in [0.25, 0.3) is 0 Å². The summed E-state index contributed by atoms with van der Waals surface area (Å²) in [6, 6.07) is 4.40. The largest absolute Gasteiger partial charge is 0.412 e. The molecule has 0 saturated carbocycles. The molecule has 0 spiro atoms. The average Bonchev–Trinajstić information content (AvgIpc) is 3.25. The number of aromatic nitrogens is 5. The molecule has 1 amide bonds. The van der Waals surface area contributed by atoms with E-state index in [4.69, 9.17) is 4.74 Å². The summed E-state index contributed by atoms with van der Waals surface area (Å²) < 4.78 is 20.5. The molecule has 4 heterocycles. The summed E-state index contributed by atoms with van der Waals surface area (Å²) >= 11 is 0. The molecule has 1 saturated heterocycles. The first-order valence-electron chi connectivity index (χ1n) is 9.27. The van der Waals surface area contributed by atoms with Crippen LogP contribution >= 0.6 is 0 Å². The van der Waals surface area contributed by atoms with Crippen LogP contribution in [0.3, 0.4) is 0 Å². The predicted octanol–water partition coefficient (Wildman–Crippen LogP) is 1.07. The van der Waals surface area contributed by atoms with E-state index in [9.17, 15) is 14.3 Å². The van der Waals surface area contributed by atoms with Gasteiger partial charge < -0.3 is 25.5 Å². The normalized spacial score (nSPS) is 15.3. The van der Waals surface area contributed by atoms with Crippen LogP contribution in [0.4, 0.5) is 9.18 Å². The summed E-state index contributed by atoms with van der Waals surface area (Å²) in [5.41, 5.74) is 1.46. The minimum absolute atomic E-state index is 0.0780. The fraction of sp³-hybridized carbons (Fsp3) is 0.263. The first kappa shape index (κ1) is 18.5. The SMILES string of the molecule is Cn1nc(-c2cnc3[nH]cc(OC(=O)NCC4(O)CNC4)c3n2)c2ccc(F)cc21. The van der Waals surface area contributed by atoms with E-state index in [0.29, 0.717) is 41.2 Å². The third kappa shape index (κ3) is 3.13. The lowest BCUT2D eigenvalue weighted by atomic mass is 9.98. The highest BCUT2D eigenvalue weighted by Gasteiger charge is 2.34. The number of nitrogens with zero attached hydrogens (tertiary/aromatic N) is 4. The van der Waals surface area contributed by atoms with Gasteiger partial charge in [-0.1, -0.05) is 0 Å². The highest BCUT2D eigenvalue weighted by molar-refractivity contribution is 5.93.